The lowest BCUT2D eigenvalue weighted by molar-refractivity contribution is -0.137. The Bertz CT molecular complexity index is 869. The Morgan fingerprint density at radius 2 is 1.72 bits per heavy atom. The summed E-state index contributed by atoms with van der Waals surface area (Å²) < 4.78 is 67.1. The highest BCUT2D eigenvalue weighted by Crippen LogP contribution is 2.32. The molecule has 1 aromatic carbocycles. The average molecular weight is 412 g/mol. The molecule has 1 N–H and O–H groups in total. The van der Waals surface area contributed by atoms with Crippen LogP contribution in [0, 0.1) is 11.6 Å². The van der Waals surface area contributed by atoms with Gasteiger partial charge in [0.15, 0.2) is 0 Å². The lowest BCUT2D eigenvalue weighted by atomic mass is 10.1. The van der Waals surface area contributed by atoms with Crippen LogP contribution in [-0.4, -0.2) is 4.57 Å². The quantitative estimate of drug-likeness (QED) is 0.417. The minimum absolute atomic E-state index is 0.102. The SMILES string of the molecule is C=C(/C=C\C(=C/C)c1cc(C(F)(F)F)cn1C)NCc1c(F)cccc1F.CC. The van der Waals surface area contributed by atoms with Crippen molar-refractivity contribution in [1.29, 1.82) is 0 Å². The van der Waals surface area contributed by atoms with Crippen LogP contribution in [0.1, 0.15) is 37.6 Å². The van der Waals surface area contributed by atoms with Crippen molar-refractivity contribution in [1.82, 2.24) is 9.88 Å². The Morgan fingerprint density at radius 3 is 2.21 bits per heavy atom. The molecule has 0 radical (unpaired) electrons. The number of allylic oxidation sites excluding steroid dienone is 4. The lowest BCUT2D eigenvalue weighted by Gasteiger charge is -2.09. The highest BCUT2D eigenvalue weighted by Gasteiger charge is 2.32. The normalized spacial score (nSPS) is 12.0. The van der Waals surface area contributed by atoms with Crippen molar-refractivity contribution in [3.8, 4) is 0 Å². The highest BCUT2D eigenvalue weighted by molar-refractivity contribution is 5.73. The van der Waals surface area contributed by atoms with E-state index in [0.29, 0.717) is 17.0 Å². The third kappa shape index (κ3) is 6.62. The van der Waals surface area contributed by atoms with E-state index in [9.17, 15) is 22.0 Å². The number of rotatable bonds is 6. The van der Waals surface area contributed by atoms with Crippen LogP contribution in [0.4, 0.5) is 22.0 Å². The van der Waals surface area contributed by atoms with Gasteiger partial charge >= 0.3 is 6.18 Å². The van der Waals surface area contributed by atoms with E-state index in [4.69, 9.17) is 0 Å². The zero-order chi connectivity index (χ0) is 22.2. The first-order chi connectivity index (χ1) is 13.6. The molecule has 0 saturated carbocycles. The van der Waals surface area contributed by atoms with Crippen molar-refractivity contribution in [3.05, 3.63) is 89.4 Å². The molecule has 0 spiro atoms. The first-order valence-corrected chi connectivity index (χ1v) is 9.07. The number of nitrogens with one attached hydrogen (secondary N) is 1. The molecule has 0 atom stereocenters. The number of aromatic nitrogens is 1. The standard InChI is InChI=1S/C20H19F5N2.C2H6/c1-4-14(19-10-15(12-27(19)3)20(23,24)25)9-8-13(2)26-11-16-17(21)6-5-7-18(16)22;1-2/h4-10,12,26H,2,11H2,1,3H3;1-2H3/b9-8-,14-4+;. The summed E-state index contributed by atoms with van der Waals surface area (Å²) in [5.74, 6) is -1.34. The molecule has 1 aromatic heterocycles. The molecule has 1 heterocycles. The Balaban J connectivity index is 0.00000204. The Morgan fingerprint density at radius 1 is 1.14 bits per heavy atom. The van der Waals surface area contributed by atoms with Gasteiger partial charge in [0.25, 0.3) is 0 Å². The summed E-state index contributed by atoms with van der Waals surface area (Å²) in [5, 5.41) is 2.78. The molecule has 0 unspecified atom stereocenters. The smallest absolute Gasteiger partial charge is 0.381 e. The van der Waals surface area contributed by atoms with Gasteiger partial charge in [0.2, 0.25) is 0 Å². The van der Waals surface area contributed by atoms with Gasteiger partial charge in [-0.1, -0.05) is 38.6 Å². The molecular weight excluding hydrogens is 387 g/mol. The predicted octanol–water partition coefficient (Wildman–Crippen LogP) is 6.61. The minimum Gasteiger partial charge on any atom is -0.381 e. The summed E-state index contributed by atoms with van der Waals surface area (Å²) in [6.07, 6.45) is 1.38. The number of hydrogen-bond donors (Lipinski definition) is 1. The van der Waals surface area contributed by atoms with E-state index in [-0.39, 0.29) is 12.1 Å². The molecule has 0 aliphatic rings. The highest BCUT2D eigenvalue weighted by atomic mass is 19.4. The van der Waals surface area contributed by atoms with E-state index >= 15 is 0 Å². The van der Waals surface area contributed by atoms with Crippen LogP contribution >= 0.6 is 0 Å². The number of alkyl halides is 3. The first kappa shape index (κ1) is 24.2. The molecule has 0 bridgehead atoms. The molecule has 0 saturated heterocycles. The summed E-state index contributed by atoms with van der Waals surface area (Å²) in [4.78, 5) is 0. The fraction of sp³-hybridized carbons (Fsp3) is 0.273. The van der Waals surface area contributed by atoms with E-state index in [2.05, 4.69) is 11.9 Å². The fourth-order valence-electron chi connectivity index (χ4n) is 2.49. The van der Waals surface area contributed by atoms with Crippen molar-refractivity contribution in [2.75, 3.05) is 0 Å². The predicted molar refractivity (Wildman–Crippen MR) is 107 cm³/mol. The minimum atomic E-state index is -4.42. The van der Waals surface area contributed by atoms with Crippen LogP contribution in [0.2, 0.25) is 0 Å². The third-order valence-corrected chi connectivity index (χ3v) is 3.96. The first-order valence-electron chi connectivity index (χ1n) is 9.07. The number of aryl methyl sites for hydroxylation is 1. The zero-order valence-electron chi connectivity index (χ0n) is 16.9. The molecule has 29 heavy (non-hydrogen) atoms. The molecule has 0 aliphatic heterocycles. The number of halogens is 5. The molecule has 0 fully saturated rings. The number of nitrogens with zero attached hydrogens (tertiary/aromatic N) is 1. The van der Waals surface area contributed by atoms with Gasteiger partial charge < -0.3 is 9.88 Å². The van der Waals surface area contributed by atoms with Gasteiger partial charge in [0.1, 0.15) is 11.6 Å². The molecule has 158 valence electrons. The van der Waals surface area contributed by atoms with E-state index in [1.54, 1.807) is 19.1 Å². The molecular formula is C22H25F5N2. The molecule has 2 aromatic rings. The van der Waals surface area contributed by atoms with Crippen molar-refractivity contribution in [2.45, 2.75) is 33.5 Å². The van der Waals surface area contributed by atoms with Crippen LogP contribution in [-0.2, 0) is 19.8 Å². The zero-order valence-corrected chi connectivity index (χ0v) is 16.9. The lowest BCUT2D eigenvalue weighted by Crippen LogP contribution is -2.13. The van der Waals surface area contributed by atoms with E-state index < -0.39 is 23.4 Å². The summed E-state index contributed by atoms with van der Waals surface area (Å²) in [6, 6.07) is 4.65. The maximum atomic E-state index is 13.6. The summed E-state index contributed by atoms with van der Waals surface area (Å²) in [7, 11) is 1.52. The monoisotopic (exact) mass is 412 g/mol. The van der Waals surface area contributed by atoms with E-state index in [1.165, 1.54) is 23.8 Å². The number of hydrogen-bond acceptors (Lipinski definition) is 1. The Kier molecular flexibility index (Phi) is 8.88. The van der Waals surface area contributed by atoms with Crippen LogP contribution in [0.15, 0.2) is 61.0 Å². The third-order valence-electron chi connectivity index (χ3n) is 3.96. The Hall–Kier alpha value is -2.83. The maximum Gasteiger partial charge on any atom is 0.417 e. The van der Waals surface area contributed by atoms with Gasteiger partial charge in [-0.15, -0.1) is 0 Å². The van der Waals surface area contributed by atoms with Crippen molar-refractivity contribution < 1.29 is 22.0 Å². The molecule has 0 amide bonds. The summed E-state index contributed by atoms with van der Waals surface area (Å²) >= 11 is 0. The second-order valence-corrected chi connectivity index (χ2v) is 5.88. The van der Waals surface area contributed by atoms with Crippen LogP contribution < -0.4 is 5.32 Å². The molecule has 2 rings (SSSR count). The maximum absolute atomic E-state index is 13.6. The summed E-state index contributed by atoms with van der Waals surface area (Å²) in [5.41, 5.74) is 0.444. The van der Waals surface area contributed by atoms with Crippen molar-refractivity contribution in [2.24, 2.45) is 7.05 Å². The van der Waals surface area contributed by atoms with Crippen LogP contribution in [0.25, 0.3) is 5.57 Å². The number of benzene rings is 1. The van der Waals surface area contributed by atoms with Crippen LogP contribution in [0.5, 0.6) is 0 Å². The van der Waals surface area contributed by atoms with Crippen LogP contribution in [0.3, 0.4) is 0 Å². The van der Waals surface area contributed by atoms with Crippen molar-refractivity contribution in [3.63, 3.8) is 0 Å². The second-order valence-electron chi connectivity index (χ2n) is 5.88. The van der Waals surface area contributed by atoms with Crippen molar-refractivity contribution >= 4 is 5.57 Å². The molecule has 0 aliphatic carbocycles. The average Bonchev–Trinajstić information content (AvgIpc) is 3.06. The summed E-state index contributed by atoms with van der Waals surface area (Å²) in [6.45, 7) is 9.34. The largest absolute Gasteiger partial charge is 0.417 e. The topological polar surface area (TPSA) is 17.0 Å². The van der Waals surface area contributed by atoms with E-state index in [1.807, 2.05) is 13.8 Å². The van der Waals surface area contributed by atoms with Gasteiger partial charge in [-0.25, -0.2) is 8.78 Å². The van der Waals surface area contributed by atoms with Gasteiger partial charge in [0, 0.05) is 36.7 Å². The van der Waals surface area contributed by atoms with Gasteiger partial charge in [0.05, 0.1) is 5.56 Å². The van der Waals surface area contributed by atoms with E-state index in [0.717, 1.165) is 24.4 Å². The molecule has 7 heteroatoms. The van der Waals surface area contributed by atoms with Gasteiger partial charge in [-0.05, 0) is 36.8 Å². The second kappa shape index (κ2) is 10.6. The van der Waals surface area contributed by atoms with Gasteiger partial charge in [-0.3, -0.25) is 0 Å². The Labute approximate surface area is 168 Å². The molecule has 2 nitrogen and oxygen atoms in total. The van der Waals surface area contributed by atoms with Gasteiger partial charge in [-0.2, -0.15) is 13.2 Å². The fourth-order valence-corrected chi connectivity index (χ4v) is 2.49.